The van der Waals surface area contributed by atoms with Crippen molar-refractivity contribution in [2.45, 2.75) is 31.8 Å². The van der Waals surface area contributed by atoms with Crippen LogP contribution >= 0.6 is 0 Å². The van der Waals surface area contributed by atoms with Crippen LogP contribution in [0.2, 0.25) is 0 Å². The number of rotatable bonds is 0. The molecule has 1 saturated carbocycles. The van der Waals surface area contributed by atoms with Crippen LogP contribution in [0.15, 0.2) is 23.8 Å². The molecule has 2 unspecified atom stereocenters. The lowest BCUT2D eigenvalue weighted by molar-refractivity contribution is 0.0653. The molecule has 2 atom stereocenters. The average Bonchev–Trinajstić information content (AvgIpc) is 2.21. The van der Waals surface area contributed by atoms with Crippen molar-refractivity contribution in [3.8, 4) is 0 Å². The van der Waals surface area contributed by atoms with Crippen LogP contribution in [0.4, 0.5) is 0 Å². The number of aliphatic hydroxyl groups is 1. The molecule has 1 heteroatoms. The van der Waals surface area contributed by atoms with E-state index in [1.165, 1.54) is 5.57 Å². The van der Waals surface area contributed by atoms with Crippen LogP contribution < -0.4 is 0 Å². The van der Waals surface area contributed by atoms with Crippen molar-refractivity contribution in [1.29, 1.82) is 0 Å². The molecule has 0 aromatic heterocycles. The highest BCUT2D eigenvalue weighted by molar-refractivity contribution is 5.26. The van der Waals surface area contributed by atoms with Crippen molar-refractivity contribution in [2.24, 2.45) is 5.92 Å². The summed E-state index contributed by atoms with van der Waals surface area (Å²) in [6.45, 7) is 1.94. The van der Waals surface area contributed by atoms with Gasteiger partial charge in [0.15, 0.2) is 0 Å². The summed E-state index contributed by atoms with van der Waals surface area (Å²) in [5, 5.41) is 9.76. The van der Waals surface area contributed by atoms with Crippen molar-refractivity contribution >= 4 is 0 Å². The van der Waals surface area contributed by atoms with Gasteiger partial charge in [0.1, 0.15) is 0 Å². The second-order valence-corrected chi connectivity index (χ2v) is 3.98. The molecule has 0 aromatic carbocycles. The van der Waals surface area contributed by atoms with Gasteiger partial charge in [0, 0.05) is 0 Å². The van der Waals surface area contributed by atoms with Crippen molar-refractivity contribution in [3.63, 3.8) is 0 Å². The van der Waals surface area contributed by atoms with Crippen LogP contribution in [-0.4, -0.2) is 10.7 Å². The van der Waals surface area contributed by atoms with E-state index in [0.717, 1.165) is 19.3 Å². The molecule has 1 N–H and O–H groups in total. The van der Waals surface area contributed by atoms with Gasteiger partial charge in [-0.2, -0.15) is 0 Å². The fraction of sp³-hybridized carbons (Fsp3) is 0.600. The lowest BCUT2D eigenvalue weighted by Crippen LogP contribution is -2.18. The van der Waals surface area contributed by atoms with Gasteiger partial charge in [-0.05, 0) is 32.1 Å². The summed E-state index contributed by atoms with van der Waals surface area (Å²) in [4.78, 5) is 0. The fourth-order valence-electron chi connectivity index (χ4n) is 2.18. The first-order chi connectivity index (χ1) is 5.17. The van der Waals surface area contributed by atoms with E-state index in [1.54, 1.807) is 0 Å². The van der Waals surface area contributed by atoms with Crippen LogP contribution in [0.5, 0.6) is 0 Å². The molecular weight excluding hydrogens is 136 g/mol. The second kappa shape index (κ2) is 2.21. The van der Waals surface area contributed by atoms with E-state index in [2.05, 4.69) is 18.2 Å². The zero-order valence-electron chi connectivity index (χ0n) is 6.88. The van der Waals surface area contributed by atoms with Crippen molar-refractivity contribution in [2.75, 3.05) is 0 Å². The smallest absolute Gasteiger partial charge is 0.0662 e. The van der Waals surface area contributed by atoms with Gasteiger partial charge in [0.05, 0.1) is 5.60 Å². The van der Waals surface area contributed by atoms with Gasteiger partial charge in [-0.25, -0.2) is 0 Å². The largest absolute Gasteiger partial charge is 0.390 e. The van der Waals surface area contributed by atoms with Gasteiger partial charge in [-0.1, -0.05) is 23.8 Å². The molecular formula is C10H14O. The Balaban J connectivity index is 2.21. The van der Waals surface area contributed by atoms with Crippen LogP contribution in [0, 0.1) is 5.92 Å². The molecule has 0 amide bonds. The molecule has 2 aliphatic rings. The molecule has 1 nitrogen and oxygen atoms in total. The molecule has 0 aromatic rings. The lowest BCUT2D eigenvalue weighted by atomic mass is 9.94. The summed E-state index contributed by atoms with van der Waals surface area (Å²) >= 11 is 0. The third-order valence-electron chi connectivity index (χ3n) is 2.66. The molecule has 0 spiro atoms. The molecule has 0 heterocycles. The summed E-state index contributed by atoms with van der Waals surface area (Å²) in [5.74, 6) is 0.634. The zero-order valence-corrected chi connectivity index (χ0v) is 6.88. The maximum Gasteiger partial charge on any atom is 0.0662 e. The molecule has 0 radical (unpaired) electrons. The number of hydrogen-bond donors (Lipinski definition) is 1. The first kappa shape index (κ1) is 7.11. The maximum absolute atomic E-state index is 9.76. The molecule has 2 rings (SSSR count). The van der Waals surface area contributed by atoms with Crippen molar-refractivity contribution in [3.05, 3.63) is 23.8 Å². The average molecular weight is 150 g/mol. The van der Waals surface area contributed by atoms with E-state index in [4.69, 9.17) is 0 Å². The standard InChI is InChI=1S/C10H14O/c1-10(11)6-8-4-2-3-5-9(8)7-10/h2-4,9,11H,5-7H2,1H3. The quantitative estimate of drug-likeness (QED) is 0.560. The predicted octanol–water partition coefficient (Wildman–Crippen LogP) is 2.03. The highest BCUT2D eigenvalue weighted by atomic mass is 16.3. The Hall–Kier alpha value is -0.560. The van der Waals surface area contributed by atoms with Crippen LogP contribution in [0.25, 0.3) is 0 Å². The third kappa shape index (κ3) is 1.25. The van der Waals surface area contributed by atoms with Gasteiger partial charge >= 0.3 is 0 Å². The van der Waals surface area contributed by atoms with Gasteiger partial charge in [-0.15, -0.1) is 0 Å². The maximum atomic E-state index is 9.76. The Morgan fingerprint density at radius 2 is 2.45 bits per heavy atom. The van der Waals surface area contributed by atoms with Crippen LogP contribution in [-0.2, 0) is 0 Å². The Bertz CT molecular complexity index is 223. The molecule has 0 aliphatic heterocycles. The van der Waals surface area contributed by atoms with E-state index >= 15 is 0 Å². The van der Waals surface area contributed by atoms with E-state index in [0.29, 0.717) is 5.92 Å². The highest BCUT2D eigenvalue weighted by Gasteiger charge is 2.36. The SMILES string of the molecule is CC1(O)CC2=CC=CCC2C1. The Labute approximate surface area is 67.4 Å². The summed E-state index contributed by atoms with van der Waals surface area (Å²) in [6, 6.07) is 0. The molecule has 1 fully saturated rings. The predicted molar refractivity (Wildman–Crippen MR) is 45.2 cm³/mol. The van der Waals surface area contributed by atoms with Gasteiger partial charge < -0.3 is 5.11 Å². The Kier molecular flexibility index (Phi) is 1.43. The van der Waals surface area contributed by atoms with Crippen molar-refractivity contribution in [1.82, 2.24) is 0 Å². The van der Waals surface area contributed by atoms with Gasteiger partial charge in [0.25, 0.3) is 0 Å². The van der Waals surface area contributed by atoms with E-state index in [-0.39, 0.29) is 0 Å². The highest BCUT2D eigenvalue weighted by Crippen LogP contribution is 2.41. The molecule has 2 aliphatic carbocycles. The molecule has 11 heavy (non-hydrogen) atoms. The second-order valence-electron chi connectivity index (χ2n) is 3.98. The van der Waals surface area contributed by atoms with Gasteiger partial charge in [0.2, 0.25) is 0 Å². The first-order valence-electron chi connectivity index (χ1n) is 4.25. The fourth-order valence-corrected chi connectivity index (χ4v) is 2.18. The minimum absolute atomic E-state index is 0.428. The van der Waals surface area contributed by atoms with Gasteiger partial charge in [-0.3, -0.25) is 0 Å². The zero-order chi connectivity index (χ0) is 7.90. The summed E-state index contributed by atoms with van der Waals surface area (Å²) in [7, 11) is 0. The van der Waals surface area contributed by atoms with Crippen LogP contribution in [0.1, 0.15) is 26.2 Å². The Morgan fingerprint density at radius 3 is 3.18 bits per heavy atom. The number of fused-ring (bicyclic) bond motifs is 1. The van der Waals surface area contributed by atoms with Crippen LogP contribution in [0.3, 0.4) is 0 Å². The number of allylic oxidation sites excluding steroid dienone is 3. The minimum Gasteiger partial charge on any atom is -0.390 e. The topological polar surface area (TPSA) is 20.2 Å². The lowest BCUT2D eigenvalue weighted by Gasteiger charge is -2.14. The first-order valence-corrected chi connectivity index (χ1v) is 4.25. The number of hydrogen-bond acceptors (Lipinski definition) is 1. The third-order valence-corrected chi connectivity index (χ3v) is 2.66. The minimum atomic E-state index is -0.428. The summed E-state index contributed by atoms with van der Waals surface area (Å²) in [6.07, 6.45) is 9.41. The molecule has 0 bridgehead atoms. The normalized spacial score (nSPS) is 42.0. The van der Waals surface area contributed by atoms with E-state index in [9.17, 15) is 5.11 Å². The monoisotopic (exact) mass is 150 g/mol. The molecule has 60 valence electrons. The molecule has 0 saturated heterocycles. The Morgan fingerprint density at radius 1 is 1.64 bits per heavy atom. The van der Waals surface area contributed by atoms with E-state index in [1.807, 2.05) is 6.92 Å². The van der Waals surface area contributed by atoms with Crippen molar-refractivity contribution < 1.29 is 5.11 Å². The van der Waals surface area contributed by atoms with E-state index < -0.39 is 5.60 Å². The summed E-state index contributed by atoms with van der Waals surface area (Å²) in [5.41, 5.74) is 1.01. The summed E-state index contributed by atoms with van der Waals surface area (Å²) < 4.78 is 0.